The second-order valence-corrected chi connectivity index (χ2v) is 6.34. The van der Waals surface area contributed by atoms with Gasteiger partial charge in [0.05, 0.1) is 12.5 Å². The number of aromatic nitrogens is 2. The molecule has 0 saturated carbocycles. The summed E-state index contributed by atoms with van der Waals surface area (Å²) < 4.78 is 6.15. The molecule has 0 aliphatic rings. The Balaban J connectivity index is 2.12. The molecule has 4 nitrogen and oxygen atoms in total. The Morgan fingerprint density at radius 1 is 1.35 bits per heavy atom. The van der Waals surface area contributed by atoms with E-state index in [1.54, 1.807) is 0 Å². The van der Waals surface area contributed by atoms with Gasteiger partial charge in [0.1, 0.15) is 0 Å². The number of nitrogens with zero attached hydrogens (tertiary/aromatic N) is 2. The molecule has 0 fully saturated rings. The standard InChI is InChI=1S/C15H19BrN2O2/c1-9(2)6-11(19)8-14-17-15(18-20-14)12-5-4-10(3)7-13(12)16/h4-5,7,9,11,19H,6,8H2,1-3H3. The van der Waals surface area contributed by atoms with Crippen LogP contribution < -0.4 is 0 Å². The number of aryl methyl sites for hydroxylation is 1. The highest BCUT2D eigenvalue weighted by molar-refractivity contribution is 9.10. The van der Waals surface area contributed by atoms with Crippen molar-refractivity contribution in [3.8, 4) is 11.4 Å². The minimum Gasteiger partial charge on any atom is -0.393 e. The first kappa shape index (κ1) is 15.2. The average molecular weight is 339 g/mol. The summed E-state index contributed by atoms with van der Waals surface area (Å²) in [6.45, 7) is 6.18. The maximum atomic E-state index is 9.91. The van der Waals surface area contributed by atoms with Crippen molar-refractivity contribution in [1.29, 1.82) is 0 Å². The van der Waals surface area contributed by atoms with Crippen LogP contribution in [0.25, 0.3) is 11.4 Å². The molecule has 1 unspecified atom stereocenters. The Morgan fingerprint density at radius 2 is 2.10 bits per heavy atom. The summed E-state index contributed by atoms with van der Waals surface area (Å²) in [7, 11) is 0. The van der Waals surface area contributed by atoms with Crippen LogP contribution in [0, 0.1) is 12.8 Å². The van der Waals surface area contributed by atoms with E-state index in [1.165, 1.54) is 0 Å². The van der Waals surface area contributed by atoms with E-state index in [2.05, 4.69) is 39.9 Å². The molecule has 0 aliphatic carbocycles. The topological polar surface area (TPSA) is 59.2 Å². The molecule has 0 amide bonds. The van der Waals surface area contributed by atoms with E-state index < -0.39 is 6.10 Å². The molecule has 0 aliphatic heterocycles. The van der Waals surface area contributed by atoms with Gasteiger partial charge in [-0.05, 0) is 37.0 Å². The third-order valence-electron chi connectivity index (χ3n) is 2.99. The molecule has 1 aromatic heterocycles. The van der Waals surface area contributed by atoms with Gasteiger partial charge in [-0.25, -0.2) is 0 Å². The molecule has 20 heavy (non-hydrogen) atoms. The number of aliphatic hydroxyl groups is 1. The normalized spacial score (nSPS) is 12.9. The Bertz CT molecular complexity index is 581. The molecule has 1 heterocycles. The molecule has 108 valence electrons. The first-order chi connectivity index (χ1) is 9.45. The van der Waals surface area contributed by atoms with Crippen LogP contribution >= 0.6 is 15.9 Å². The Morgan fingerprint density at radius 3 is 2.75 bits per heavy atom. The second kappa shape index (κ2) is 6.50. The van der Waals surface area contributed by atoms with Crippen LogP contribution in [-0.2, 0) is 6.42 Å². The molecule has 1 N–H and O–H groups in total. The van der Waals surface area contributed by atoms with Crippen LogP contribution in [0.5, 0.6) is 0 Å². The predicted molar refractivity (Wildman–Crippen MR) is 81.3 cm³/mol. The van der Waals surface area contributed by atoms with E-state index in [-0.39, 0.29) is 0 Å². The molecule has 0 saturated heterocycles. The Labute approximate surface area is 127 Å². The third kappa shape index (κ3) is 3.90. The molecule has 0 radical (unpaired) electrons. The highest BCUT2D eigenvalue weighted by atomic mass is 79.9. The quantitative estimate of drug-likeness (QED) is 0.901. The van der Waals surface area contributed by atoms with E-state index in [4.69, 9.17) is 4.52 Å². The second-order valence-electron chi connectivity index (χ2n) is 5.48. The van der Waals surface area contributed by atoms with Gasteiger partial charge >= 0.3 is 0 Å². The van der Waals surface area contributed by atoms with Gasteiger partial charge in [0.25, 0.3) is 0 Å². The molecule has 2 rings (SSSR count). The molecule has 5 heteroatoms. The lowest BCUT2D eigenvalue weighted by Crippen LogP contribution is -2.13. The summed E-state index contributed by atoms with van der Waals surface area (Å²) in [5.41, 5.74) is 2.06. The Kier molecular flexibility index (Phi) is 4.94. The van der Waals surface area contributed by atoms with Crippen LogP contribution in [0.4, 0.5) is 0 Å². The number of hydrogen-bond acceptors (Lipinski definition) is 4. The van der Waals surface area contributed by atoms with E-state index in [0.29, 0.717) is 24.1 Å². The van der Waals surface area contributed by atoms with E-state index in [1.807, 2.05) is 25.1 Å². The highest BCUT2D eigenvalue weighted by Crippen LogP contribution is 2.27. The lowest BCUT2D eigenvalue weighted by molar-refractivity contribution is 0.138. The average Bonchev–Trinajstić information content (AvgIpc) is 2.75. The van der Waals surface area contributed by atoms with Crippen molar-refractivity contribution in [2.45, 2.75) is 39.7 Å². The lowest BCUT2D eigenvalue weighted by atomic mass is 10.0. The number of halogens is 1. The molecular formula is C15H19BrN2O2. The number of rotatable bonds is 5. The van der Waals surface area contributed by atoms with E-state index in [9.17, 15) is 5.11 Å². The van der Waals surface area contributed by atoms with Crippen molar-refractivity contribution in [1.82, 2.24) is 10.1 Å². The number of benzene rings is 1. The zero-order valence-electron chi connectivity index (χ0n) is 11.9. The van der Waals surface area contributed by atoms with Gasteiger partial charge in [0.2, 0.25) is 11.7 Å². The Hall–Kier alpha value is -1.20. The van der Waals surface area contributed by atoms with Gasteiger partial charge in [-0.1, -0.05) is 41.0 Å². The molecule has 2 aromatic rings. The summed E-state index contributed by atoms with van der Waals surface area (Å²) >= 11 is 3.51. The fourth-order valence-electron chi connectivity index (χ4n) is 2.08. The van der Waals surface area contributed by atoms with Crippen LogP contribution in [0.2, 0.25) is 0 Å². The van der Waals surface area contributed by atoms with Crippen LogP contribution in [0.15, 0.2) is 27.2 Å². The monoisotopic (exact) mass is 338 g/mol. The summed E-state index contributed by atoms with van der Waals surface area (Å²) in [6, 6.07) is 5.97. The van der Waals surface area contributed by atoms with Gasteiger partial charge < -0.3 is 9.63 Å². The predicted octanol–water partition coefficient (Wildman–Crippen LogP) is 3.76. The molecule has 1 aromatic carbocycles. The number of hydrogen-bond donors (Lipinski definition) is 1. The van der Waals surface area contributed by atoms with Crippen molar-refractivity contribution in [2.75, 3.05) is 0 Å². The molecular weight excluding hydrogens is 320 g/mol. The van der Waals surface area contributed by atoms with E-state index in [0.717, 1.165) is 22.0 Å². The van der Waals surface area contributed by atoms with E-state index >= 15 is 0 Å². The largest absolute Gasteiger partial charge is 0.393 e. The van der Waals surface area contributed by atoms with Crippen LogP contribution in [0.3, 0.4) is 0 Å². The fourth-order valence-corrected chi connectivity index (χ4v) is 2.75. The SMILES string of the molecule is Cc1ccc(-c2noc(CC(O)CC(C)C)n2)c(Br)c1. The first-order valence-corrected chi connectivity index (χ1v) is 7.52. The fraction of sp³-hybridized carbons (Fsp3) is 0.467. The summed E-state index contributed by atoms with van der Waals surface area (Å²) in [6.07, 6.45) is 0.686. The summed E-state index contributed by atoms with van der Waals surface area (Å²) in [4.78, 5) is 4.35. The molecule has 0 bridgehead atoms. The first-order valence-electron chi connectivity index (χ1n) is 6.73. The van der Waals surface area contributed by atoms with Gasteiger partial charge in [-0.3, -0.25) is 0 Å². The minimum atomic E-state index is -0.440. The van der Waals surface area contributed by atoms with Crippen molar-refractivity contribution in [3.63, 3.8) is 0 Å². The smallest absolute Gasteiger partial charge is 0.229 e. The third-order valence-corrected chi connectivity index (χ3v) is 3.64. The van der Waals surface area contributed by atoms with Crippen molar-refractivity contribution < 1.29 is 9.63 Å². The van der Waals surface area contributed by atoms with Crippen molar-refractivity contribution >= 4 is 15.9 Å². The van der Waals surface area contributed by atoms with Gasteiger partial charge in [-0.2, -0.15) is 4.98 Å². The zero-order chi connectivity index (χ0) is 14.7. The van der Waals surface area contributed by atoms with Crippen molar-refractivity contribution in [3.05, 3.63) is 34.1 Å². The maximum absolute atomic E-state index is 9.91. The zero-order valence-corrected chi connectivity index (χ0v) is 13.5. The van der Waals surface area contributed by atoms with Gasteiger partial charge in [-0.15, -0.1) is 0 Å². The maximum Gasteiger partial charge on any atom is 0.229 e. The molecule has 1 atom stereocenters. The molecule has 0 spiro atoms. The van der Waals surface area contributed by atoms with Gasteiger partial charge in [0, 0.05) is 10.0 Å². The van der Waals surface area contributed by atoms with Crippen LogP contribution in [0.1, 0.15) is 31.7 Å². The van der Waals surface area contributed by atoms with Crippen molar-refractivity contribution in [2.24, 2.45) is 5.92 Å². The summed E-state index contributed by atoms with van der Waals surface area (Å²) in [5, 5.41) is 13.9. The van der Waals surface area contributed by atoms with Gasteiger partial charge in [0.15, 0.2) is 0 Å². The number of aliphatic hydroxyl groups excluding tert-OH is 1. The minimum absolute atomic E-state index is 0.397. The van der Waals surface area contributed by atoms with Crippen LogP contribution in [-0.4, -0.2) is 21.4 Å². The summed E-state index contributed by atoms with van der Waals surface area (Å²) in [5.74, 6) is 1.46. The highest BCUT2D eigenvalue weighted by Gasteiger charge is 2.15. The lowest BCUT2D eigenvalue weighted by Gasteiger charge is -2.09.